The number of hydrogen-bond donors (Lipinski definition) is 0. The van der Waals surface area contributed by atoms with E-state index < -0.39 is 0 Å². The van der Waals surface area contributed by atoms with E-state index in [4.69, 9.17) is 13.9 Å². The lowest BCUT2D eigenvalue weighted by atomic mass is 9.93. The fourth-order valence-corrected chi connectivity index (χ4v) is 4.61. The molecule has 28 heavy (non-hydrogen) atoms. The number of aryl methyl sites for hydroxylation is 1. The molecule has 0 N–H and O–H groups in total. The third-order valence-electron chi connectivity index (χ3n) is 6.09. The predicted octanol–water partition coefficient (Wildman–Crippen LogP) is 5.00. The third-order valence-corrected chi connectivity index (χ3v) is 6.09. The monoisotopic (exact) mass is 379 g/mol. The molecular formula is C23H25NO4. The number of furan rings is 1. The molecule has 5 nitrogen and oxygen atoms in total. The Morgan fingerprint density at radius 1 is 1.11 bits per heavy atom. The molecule has 0 atom stereocenters. The molecule has 2 aromatic rings. The fraction of sp³-hybridized carbons (Fsp3) is 0.435. The number of benzene rings is 1. The topological polar surface area (TPSA) is 51.9 Å². The summed E-state index contributed by atoms with van der Waals surface area (Å²) in [5, 5.41) is 0. The molecule has 1 aliphatic carbocycles. The summed E-state index contributed by atoms with van der Waals surface area (Å²) in [5.74, 6) is 3.12. The Balaban J connectivity index is 1.45. The van der Waals surface area contributed by atoms with E-state index in [9.17, 15) is 4.79 Å². The summed E-state index contributed by atoms with van der Waals surface area (Å²) in [6, 6.07) is 6.25. The van der Waals surface area contributed by atoms with Crippen molar-refractivity contribution >= 4 is 11.9 Å². The molecule has 5 heteroatoms. The molecule has 1 fully saturated rings. The molecule has 2 aliphatic heterocycles. The highest BCUT2D eigenvalue weighted by Crippen LogP contribution is 2.43. The maximum atomic E-state index is 12.9. The number of Topliss-reactive ketones (excluding diaryl/α,β-unsaturated/α-hetero) is 1. The summed E-state index contributed by atoms with van der Waals surface area (Å²) in [7, 11) is 0. The summed E-state index contributed by atoms with van der Waals surface area (Å²) in [6.07, 6.45) is 8.07. The zero-order chi connectivity index (χ0) is 19.3. The Morgan fingerprint density at radius 2 is 1.93 bits per heavy atom. The first kappa shape index (κ1) is 17.6. The number of carbonyl (C=O) groups is 1. The van der Waals surface area contributed by atoms with Crippen molar-refractivity contribution < 1.29 is 18.7 Å². The zero-order valence-corrected chi connectivity index (χ0v) is 16.4. The van der Waals surface area contributed by atoms with Crippen LogP contribution in [-0.2, 0) is 6.54 Å². The van der Waals surface area contributed by atoms with Crippen LogP contribution in [0.1, 0.15) is 65.1 Å². The van der Waals surface area contributed by atoms with Gasteiger partial charge in [-0.25, -0.2) is 0 Å². The van der Waals surface area contributed by atoms with Gasteiger partial charge in [-0.05, 0) is 44.9 Å². The molecule has 0 radical (unpaired) electrons. The van der Waals surface area contributed by atoms with Gasteiger partial charge in [0.15, 0.2) is 5.76 Å². The molecule has 0 unspecified atom stereocenters. The van der Waals surface area contributed by atoms with Crippen molar-refractivity contribution in [3.05, 3.63) is 52.2 Å². The standard InChI is InChI=1S/C23H25NO4/c1-14-8-9-18(27-14)11-20-21(25)19-10-16-12-24(17-6-4-3-5-7-17)13-26-22(16)15(2)23(19)28-20/h8-11,17H,3-7,12-13H2,1-2H3/b20-11-. The van der Waals surface area contributed by atoms with Crippen molar-refractivity contribution in [1.82, 2.24) is 4.90 Å². The van der Waals surface area contributed by atoms with Crippen LogP contribution in [0, 0.1) is 13.8 Å². The number of nitrogens with zero attached hydrogens (tertiary/aromatic N) is 1. The Bertz CT molecular complexity index is 965. The predicted molar refractivity (Wildman–Crippen MR) is 105 cm³/mol. The van der Waals surface area contributed by atoms with E-state index in [1.165, 1.54) is 32.1 Å². The van der Waals surface area contributed by atoms with Gasteiger partial charge in [0.2, 0.25) is 5.78 Å². The lowest BCUT2D eigenvalue weighted by Crippen LogP contribution is -2.41. The molecule has 3 aliphatic rings. The van der Waals surface area contributed by atoms with Crippen LogP contribution in [0.15, 0.2) is 28.4 Å². The minimum atomic E-state index is -0.0928. The van der Waals surface area contributed by atoms with Crippen LogP contribution in [-0.4, -0.2) is 23.5 Å². The van der Waals surface area contributed by atoms with Crippen LogP contribution in [0.5, 0.6) is 11.5 Å². The van der Waals surface area contributed by atoms with Crippen molar-refractivity contribution in [2.75, 3.05) is 6.73 Å². The largest absolute Gasteiger partial charge is 0.477 e. The van der Waals surface area contributed by atoms with E-state index in [1.54, 1.807) is 6.08 Å². The third kappa shape index (κ3) is 2.94. The molecule has 146 valence electrons. The van der Waals surface area contributed by atoms with Gasteiger partial charge in [0, 0.05) is 29.8 Å². The van der Waals surface area contributed by atoms with Crippen molar-refractivity contribution in [1.29, 1.82) is 0 Å². The number of allylic oxidation sites excluding steroid dienone is 1. The SMILES string of the molecule is Cc1ccc(/C=C2\Oc3c(cc4c(c3C)OCN(C3CCCCC3)C4)C2=O)o1. The molecule has 0 spiro atoms. The van der Waals surface area contributed by atoms with Gasteiger partial charge in [0.25, 0.3) is 0 Å². The summed E-state index contributed by atoms with van der Waals surface area (Å²) >= 11 is 0. The molecule has 1 saturated carbocycles. The van der Waals surface area contributed by atoms with Crippen LogP contribution in [0.2, 0.25) is 0 Å². The molecule has 0 amide bonds. The highest BCUT2D eigenvalue weighted by molar-refractivity contribution is 6.15. The van der Waals surface area contributed by atoms with E-state index in [0.29, 0.717) is 35.6 Å². The first-order valence-electron chi connectivity index (χ1n) is 10.1. The number of fused-ring (bicyclic) bond motifs is 2. The zero-order valence-electron chi connectivity index (χ0n) is 16.4. The lowest BCUT2D eigenvalue weighted by molar-refractivity contribution is 0.0397. The van der Waals surface area contributed by atoms with Crippen LogP contribution >= 0.6 is 0 Å². The van der Waals surface area contributed by atoms with E-state index in [2.05, 4.69) is 4.90 Å². The Labute approximate surface area is 164 Å². The van der Waals surface area contributed by atoms with Crippen LogP contribution in [0.3, 0.4) is 0 Å². The first-order chi connectivity index (χ1) is 13.6. The number of carbonyl (C=O) groups excluding carboxylic acids is 1. The molecular weight excluding hydrogens is 354 g/mol. The smallest absolute Gasteiger partial charge is 0.232 e. The second kappa shape index (κ2) is 6.82. The van der Waals surface area contributed by atoms with E-state index in [-0.39, 0.29) is 5.78 Å². The van der Waals surface area contributed by atoms with Gasteiger partial charge < -0.3 is 13.9 Å². The van der Waals surface area contributed by atoms with Crippen LogP contribution in [0.4, 0.5) is 0 Å². The van der Waals surface area contributed by atoms with Gasteiger partial charge in [-0.3, -0.25) is 9.69 Å². The van der Waals surface area contributed by atoms with Crippen LogP contribution < -0.4 is 9.47 Å². The van der Waals surface area contributed by atoms with Crippen LogP contribution in [0.25, 0.3) is 6.08 Å². The minimum absolute atomic E-state index is 0.0928. The van der Waals surface area contributed by atoms with E-state index >= 15 is 0 Å². The Kier molecular flexibility index (Phi) is 4.27. The van der Waals surface area contributed by atoms with Gasteiger partial charge in [-0.1, -0.05) is 19.3 Å². The summed E-state index contributed by atoms with van der Waals surface area (Å²) in [5.41, 5.74) is 2.61. The Hall–Kier alpha value is -2.53. The maximum absolute atomic E-state index is 12.9. The Morgan fingerprint density at radius 3 is 2.68 bits per heavy atom. The van der Waals surface area contributed by atoms with Crippen molar-refractivity contribution in [3.63, 3.8) is 0 Å². The van der Waals surface area contributed by atoms with Gasteiger partial charge in [-0.15, -0.1) is 0 Å². The number of ketones is 1. The quantitative estimate of drug-likeness (QED) is 0.688. The maximum Gasteiger partial charge on any atom is 0.232 e. The highest BCUT2D eigenvalue weighted by atomic mass is 16.5. The van der Waals surface area contributed by atoms with Gasteiger partial charge >= 0.3 is 0 Å². The second-order valence-corrected chi connectivity index (χ2v) is 8.07. The lowest BCUT2D eigenvalue weighted by Gasteiger charge is -2.37. The van der Waals surface area contributed by atoms with E-state index in [1.807, 2.05) is 32.0 Å². The molecule has 1 aromatic heterocycles. The van der Waals surface area contributed by atoms with Gasteiger partial charge in [-0.2, -0.15) is 0 Å². The van der Waals surface area contributed by atoms with Crippen molar-refractivity contribution in [3.8, 4) is 11.5 Å². The summed E-state index contributed by atoms with van der Waals surface area (Å²) in [4.78, 5) is 15.4. The highest BCUT2D eigenvalue weighted by Gasteiger charge is 2.35. The number of ether oxygens (including phenoxy) is 2. The van der Waals surface area contributed by atoms with Gasteiger partial charge in [0.05, 0.1) is 5.56 Å². The molecule has 0 saturated heterocycles. The fourth-order valence-electron chi connectivity index (χ4n) is 4.61. The molecule has 1 aromatic carbocycles. The summed E-state index contributed by atoms with van der Waals surface area (Å²) < 4.78 is 17.6. The summed E-state index contributed by atoms with van der Waals surface area (Å²) in [6.45, 7) is 5.29. The first-order valence-corrected chi connectivity index (χ1v) is 10.1. The average molecular weight is 379 g/mol. The van der Waals surface area contributed by atoms with Crippen molar-refractivity contribution in [2.24, 2.45) is 0 Å². The normalized spacial score (nSPS) is 21.4. The average Bonchev–Trinajstić information content (AvgIpc) is 3.26. The number of hydrogen-bond acceptors (Lipinski definition) is 5. The minimum Gasteiger partial charge on any atom is -0.477 e. The molecule has 3 heterocycles. The van der Waals surface area contributed by atoms with Gasteiger partial charge in [0.1, 0.15) is 29.8 Å². The second-order valence-electron chi connectivity index (χ2n) is 8.07. The molecule has 0 bridgehead atoms. The van der Waals surface area contributed by atoms with E-state index in [0.717, 1.165) is 29.2 Å². The molecule has 5 rings (SSSR count). The van der Waals surface area contributed by atoms with Crippen molar-refractivity contribution in [2.45, 2.75) is 58.5 Å². The number of rotatable bonds is 2.